The number of aromatic amines is 1. The van der Waals surface area contributed by atoms with Crippen LogP contribution < -0.4 is 0 Å². The van der Waals surface area contributed by atoms with Crippen LogP contribution in [0, 0.1) is 11.3 Å². The Morgan fingerprint density at radius 2 is 2.00 bits per heavy atom. The van der Waals surface area contributed by atoms with Crippen molar-refractivity contribution in [2.75, 3.05) is 32.6 Å². The SMILES string of the molecule is CS(=O)(=O)[O-].N#Cc1ccc2[nH]c(O)c(-c3ccc(C=[N+]4CCOCC4)cn3)c2c1. The van der Waals surface area contributed by atoms with Crippen molar-refractivity contribution >= 4 is 27.2 Å². The van der Waals surface area contributed by atoms with Gasteiger partial charge in [0.15, 0.2) is 25.2 Å². The maximum atomic E-state index is 10.3. The molecule has 9 nitrogen and oxygen atoms in total. The van der Waals surface area contributed by atoms with Gasteiger partial charge in [-0.2, -0.15) is 5.26 Å². The number of nitriles is 1. The molecule has 0 spiro atoms. The molecule has 156 valence electrons. The predicted molar refractivity (Wildman–Crippen MR) is 110 cm³/mol. The number of nitrogens with one attached hydrogen (secondary N) is 1. The molecule has 30 heavy (non-hydrogen) atoms. The first-order valence-corrected chi connectivity index (χ1v) is 10.8. The van der Waals surface area contributed by atoms with Crippen LogP contribution in [0.15, 0.2) is 36.5 Å². The van der Waals surface area contributed by atoms with Crippen molar-refractivity contribution in [2.45, 2.75) is 0 Å². The van der Waals surface area contributed by atoms with E-state index < -0.39 is 10.1 Å². The summed E-state index contributed by atoms with van der Waals surface area (Å²) in [6.07, 6.45) is 4.46. The lowest BCUT2D eigenvalue weighted by molar-refractivity contribution is -0.544. The molecule has 0 bridgehead atoms. The Morgan fingerprint density at radius 1 is 1.30 bits per heavy atom. The van der Waals surface area contributed by atoms with Gasteiger partial charge in [-0.1, -0.05) is 0 Å². The molecule has 3 heterocycles. The van der Waals surface area contributed by atoms with Crippen molar-refractivity contribution in [3.8, 4) is 23.2 Å². The Balaban J connectivity index is 0.000000461. The monoisotopic (exact) mass is 428 g/mol. The van der Waals surface area contributed by atoms with E-state index in [9.17, 15) is 5.11 Å². The molecule has 4 rings (SSSR count). The maximum absolute atomic E-state index is 10.3. The molecule has 3 aromatic rings. The zero-order valence-corrected chi connectivity index (χ0v) is 17.0. The molecule has 0 unspecified atom stereocenters. The van der Waals surface area contributed by atoms with Gasteiger partial charge in [0.05, 0.1) is 38.6 Å². The number of hydrogen-bond acceptors (Lipinski definition) is 7. The van der Waals surface area contributed by atoms with E-state index in [1.54, 1.807) is 24.4 Å². The van der Waals surface area contributed by atoms with Crippen molar-refractivity contribution in [1.82, 2.24) is 9.97 Å². The van der Waals surface area contributed by atoms with Gasteiger partial charge in [0.25, 0.3) is 0 Å². The maximum Gasteiger partial charge on any atom is 0.199 e. The minimum absolute atomic E-state index is 0.0579. The van der Waals surface area contributed by atoms with Crippen LogP contribution in [0.2, 0.25) is 0 Å². The Morgan fingerprint density at radius 3 is 2.60 bits per heavy atom. The van der Waals surface area contributed by atoms with Gasteiger partial charge in [-0.05, 0) is 30.3 Å². The molecule has 1 aromatic carbocycles. The number of nitrogens with zero attached hydrogens (tertiary/aromatic N) is 3. The third-order valence-electron chi connectivity index (χ3n) is 4.33. The Hall–Kier alpha value is -3.26. The molecule has 10 heteroatoms. The summed E-state index contributed by atoms with van der Waals surface area (Å²) >= 11 is 0. The molecule has 0 amide bonds. The van der Waals surface area contributed by atoms with E-state index in [0.717, 1.165) is 42.8 Å². The molecule has 0 radical (unpaired) electrons. The summed E-state index contributed by atoms with van der Waals surface area (Å²) in [4.78, 5) is 7.43. The third kappa shape index (κ3) is 5.64. The number of hydrogen-bond donors (Lipinski definition) is 2. The number of aromatic nitrogens is 2. The largest absolute Gasteiger partial charge is 0.748 e. The number of aromatic hydroxyl groups is 1. The Kier molecular flexibility index (Phi) is 6.47. The van der Waals surface area contributed by atoms with E-state index >= 15 is 0 Å². The second kappa shape index (κ2) is 9.04. The van der Waals surface area contributed by atoms with Gasteiger partial charge in [-0.15, -0.1) is 0 Å². The van der Waals surface area contributed by atoms with Crippen LogP contribution in [0.3, 0.4) is 0 Å². The Bertz CT molecular complexity index is 1210. The summed E-state index contributed by atoms with van der Waals surface area (Å²) < 4.78 is 34.8. The van der Waals surface area contributed by atoms with Gasteiger partial charge in [0.2, 0.25) is 0 Å². The number of benzene rings is 1. The molecule has 0 atom stereocenters. The summed E-state index contributed by atoms with van der Waals surface area (Å²) in [5.74, 6) is 0.0579. The van der Waals surface area contributed by atoms with E-state index in [1.807, 2.05) is 12.1 Å². The summed E-state index contributed by atoms with van der Waals surface area (Å²) in [6.45, 7) is 3.24. The summed E-state index contributed by atoms with van der Waals surface area (Å²) in [7, 11) is -3.92. The standard InChI is InChI=1S/C19H16N4O2.CH4O3S/c20-10-13-1-3-16-15(9-13)18(19(24)22-16)17-4-2-14(11-21-17)12-23-5-7-25-8-6-23;1-5(2,3)4/h1-4,9,11-12H,5-8H2,(H,22,24);1H3,(H,2,3,4). The van der Waals surface area contributed by atoms with E-state index in [4.69, 9.17) is 23.0 Å². The average molecular weight is 428 g/mol. The Labute approximate surface area is 173 Å². The minimum atomic E-state index is -3.92. The molecule has 2 N–H and O–H groups in total. The summed E-state index contributed by atoms with van der Waals surface area (Å²) in [5.41, 5.74) is 3.60. The first-order valence-electron chi connectivity index (χ1n) is 9.03. The van der Waals surface area contributed by atoms with E-state index in [1.165, 1.54) is 0 Å². The van der Waals surface area contributed by atoms with Crippen molar-refractivity contribution in [3.05, 3.63) is 47.7 Å². The summed E-state index contributed by atoms with van der Waals surface area (Å²) in [6, 6.07) is 11.3. The first kappa shape index (κ1) is 21.4. The fourth-order valence-corrected chi connectivity index (χ4v) is 3.05. The molecule has 1 aliphatic heterocycles. The van der Waals surface area contributed by atoms with Gasteiger partial charge < -0.3 is 19.4 Å². The van der Waals surface area contributed by atoms with Crippen molar-refractivity contribution < 1.29 is 27.4 Å². The van der Waals surface area contributed by atoms with E-state index in [0.29, 0.717) is 23.1 Å². The lowest BCUT2D eigenvalue weighted by Gasteiger charge is -2.10. The number of H-pyrrole nitrogens is 1. The first-order chi connectivity index (χ1) is 14.2. The van der Waals surface area contributed by atoms with Gasteiger partial charge >= 0.3 is 0 Å². The van der Waals surface area contributed by atoms with Crippen LogP contribution in [0.5, 0.6) is 5.88 Å². The van der Waals surface area contributed by atoms with E-state index in [2.05, 4.69) is 26.8 Å². The molecule has 0 aliphatic carbocycles. The van der Waals surface area contributed by atoms with Crippen LogP contribution in [-0.2, 0) is 14.9 Å². The second-order valence-electron chi connectivity index (χ2n) is 6.68. The number of morpholine rings is 1. The molecular weight excluding hydrogens is 408 g/mol. The minimum Gasteiger partial charge on any atom is -0.748 e. The van der Waals surface area contributed by atoms with Gasteiger partial charge in [0, 0.05) is 23.4 Å². The van der Waals surface area contributed by atoms with Crippen LogP contribution >= 0.6 is 0 Å². The zero-order valence-electron chi connectivity index (χ0n) is 16.2. The van der Waals surface area contributed by atoms with Gasteiger partial charge in [-0.25, -0.2) is 13.0 Å². The lowest BCUT2D eigenvalue weighted by Crippen LogP contribution is -2.29. The van der Waals surface area contributed by atoms with Gasteiger partial charge in [0.1, 0.15) is 13.2 Å². The van der Waals surface area contributed by atoms with Crippen LogP contribution in [-0.4, -0.2) is 71.4 Å². The fourth-order valence-electron chi connectivity index (χ4n) is 3.05. The quantitative estimate of drug-likeness (QED) is 0.464. The van der Waals surface area contributed by atoms with Crippen molar-refractivity contribution in [2.24, 2.45) is 0 Å². The zero-order chi connectivity index (χ0) is 21.7. The van der Waals surface area contributed by atoms with E-state index in [-0.39, 0.29) is 5.88 Å². The third-order valence-corrected chi connectivity index (χ3v) is 4.33. The highest BCUT2D eigenvalue weighted by atomic mass is 32.2. The van der Waals surface area contributed by atoms with Crippen LogP contribution in [0.4, 0.5) is 0 Å². The highest BCUT2D eigenvalue weighted by molar-refractivity contribution is 7.84. The molecule has 2 aromatic heterocycles. The lowest BCUT2D eigenvalue weighted by atomic mass is 10.1. The van der Waals surface area contributed by atoms with Crippen LogP contribution in [0.25, 0.3) is 22.2 Å². The number of rotatable bonds is 2. The van der Waals surface area contributed by atoms with Crippen molar-refractivity contribution in [3.63, 3.8) is 0 Å². The smallest absolute Gasteiger partial charge is 0.199 e. The molecule has 1 saturated heterocycles. The highest BCUT2D eigenvalue weighted by Crippen LogP contribution is 2.35. The molecular formula is C20H20N4O5S. The molecule has 0 saturated carbocycles. The van der Waals surface area contributed by atoms with Crippen LogP contribution in [0.1, 0.15) is 11.1 Å². The number of ether oxygens (including phenoxy) is 1. The number of pyridine rings is 1. The normalized spacial score (nSPS) is 14.0. The summed E-state index contributed by atoms with van der Waals surface area (Å²) in [5, 5.41) is 20.2. The second-order valence-corrected chi connectivity index (χ2v) is 8.09. The molecule has 1 fully saturated rings. The average Bonchev–Trinajstić information content (AvgIpc) is 3.03. The van der Waals surface area contributed by atoms with Gasteiger partial charge in [-0.3, -0.25) is 4.98 Å². The highest BCUT2D eigenvalue weighted by Gasteiger charge is 2.15. The number of fused-ring (bicyclic) bond motifs is 1. The van der Waals surface area contributed by atoms with Crippen molar-refractivity contribution in [1.29, 1.82) is 5.26 Å². The fraction of sp³-hybridized carbons (Fsp3) is 0.250. The topological polar surface area (TPSA) is 142 Å². The molecule has 1 aliphatic rings. The predicted octanol–water partition coefficient (Wildman–Crippen LogP) is 1.43.